The Hall–Kier alpha value is -2.81. The summed E-state index contributed by atoms with van der Waals surface area (Å²) in [5.41, 5.74) is 6.79. The Balaban J connectivity index is 2.03. The van der Waals surface area contributed by atoms with Crippen molar-refractivity contribution in [3.63, 3.8) is 0 Å². The van der Waals surface area contributed by atoms with E-state index in [-0.39, 0.29) is 12.6 Å². The molecule has 2 rings (SSSR count). The van der Waals surface area contributed by atoms with E-state index in [4.69, 9.17) is 11.0 Å². The number of nitrogens with one attached hydrogen (secondary N) is 1. The van der Waals surface area contributed by atoms with Crippen LogP contribution in [0.5, 0.6) is 0 Å². The normalized spacial score (nSPS) is 11.6. The first-order valence-electron chi connectivity index (χ1n) is 6.17. The Morgan fingerprint density at radius 1 is 1.45 bits per heavy atom. The van der Waals surface area contributed by atoms with E-state index in [0.29, 0.717) is 11.4 Å². The number of carbonyl (C=O) groups excluding carboxylic acids is 1. The van der Waals surface area contributed by atoms with E-state index in [9.17, 15) is 4.79 Å². The lowest BCUT2D eigenvalue weighted by Crippen LogP contribution is -2.19. The summed E-state index contributed by atoms with van der Waals surface area (Å²) in [6, 6.07) is 11.3. The van der Waals surface area contributed by atoms with E-state index < -0.39 is 5.91 Å². The fraction of sp³-hybridized carbons (Fsp3) is 0.214. The summed E-state index contributed by atoms with van der Waals surface area (Å²) in [7, 11) is 0. The van der Waals surface area contributed by atoms with Crippen LogP contribution in [-0.4, -0.2) is 15.7 Å². The summed E-state index contributed by atoms with van der Waals surface area (Å²) < 4.78 is 1.48. The first-order chi connectivity index (χ1) is 9.58. The van der Waals surface area contributed by atoms with Gasteiger partial charge in [0.2, 0.25) is 5.91 Å². The number of nitriles is 1. The van der Waals surface area contributed by atoms with Crippen molar-refractivity contribution >= 4 is 11.7 Å². The molecule has 0 aliphatic carbocycles. The number of primary amides is 1. The van der Waals surface area contributed by atoms with Gasteiger partial charge in [-0.05, 0) is 24.6 Å². The van der Waals surface area contributed by atoms with Gasteiger partial charge in [0.1, 0.15) is 12.4 Å². The number of hydrogen-bond acceptors (Lipinski definition) is 4. The second-order valence-electron chi connectivity index (χ2n) is 4.46. The third-order valence-corrected chi connectivity index (χ3v) is 2.86. The Morgan fingerprint density at radius 2 is 2.15 bits per heavy atom. The molecule has 1 aromatic heterocycles. The van der Waals surface area contributed by atoms with Crippen molar-refractivity contribution in [3.8, 4) is 6.07 Å². The quantitative estimate of drug-likeness (QED) is 0.857. The van der Waals surface area contributed by atoms with Gasteiger partial charge < -0.3 is 11.1 Å². The Labute approximate surface area is 116 Å². The molecule has 6 nitrogen and oxygen atoms in total. The van der Waals surface area contributed by atoms with E-state index in [2.05, 4.69) is 16.5 Å². The number of benzene rings is 1. The number of aromatic nitrogens is 2. The Kier molecular flexibility index (Phi) is 4.01. The van der Waals surface area contributed by atoms with Gasteiger partial charge in [0.15, 0.2) is 0 Å². The maximum absolute atomic E-state index is 10.8. The molecule has 0 saturated carbocycles. The van der Waals surface area contributed by atoms with E-state index in [1.807, 2.05) is 19.1 Å². The van der Waals surface area contributed by atoms with Crippen LogP contribution in [0.25, 0.3) is 0 Å². The van der Waals surface area contributed by atoms with E-state index in [1.165, 1.54) is 4.68 Å². The highest BCUT2D eigenvalue weighted by Crippen LogP contribution is 2.18. The van der Waals surface area contributed by atoms with Crippen molar-refractivity contribution in [1.29, 1.82) is 5.26 Å². The molecule has 0 spiro atoms. The van der Waals surface area contributed by atoms with Gasteiger partial charge in [-0.1, -0.05) is 12.1 Å². The second kappa shape index (κ2) is 5.89. The number of rotatable bonds is 5. The minimum atomic E-state index is -0.431. The predicted octanol–water partition coefficient (Wildman–Crippen LogP) is 1.41. The van der Waals surface area contributed by atoms with Crippen LogP contribution in [-0.2, 0) is 11.3 Å². The van der Waals surface area contributed by atoms with Crippen molar-refractivity contribution in [3.05, 3.63) is 47.7 Å². The molecule has 1 atom stereocenters. The van der Waals surface area contributed by atoms with Gasteiger partial charge in [0.05, 0.1) is 11.6 Å². The first kappa shape index (κ1) is 13.6. The third kappa shape index (κ3) is 3.36. The van der Waals surface area contributed by atoms with Crippen LogP contribution >= 0.6 is 0 Å². The van der Waals surface area contributed by atoms with Gasteiger partial charge in [0, 0.05) is 18.3 Å². The predicted molar refractivity (Wildman–Crippen MR) is 74.6 cm³/mol. The minimum Gasteiger partial charge on any atom is -0.368 e. The SMILES string of the molecule is C[C@@H](Nc1ccn(CC(N)=O)n1)c1ccc(C#N)cc1. The summed E-state index contributed by atoms with van der Waals surface area (Å²) in [5, 5.41) is 16.2. The molecular formula is C14H15N5O. The molecular weight excluding hydrogens is 254 g/mol. The molecule has 20 heavy (non-hydrogen) atoms. The third-order valence-electron chi connectivity index (χ3n) is 2.86. The average molecular weight is 269 g/mol. The molecule has 6 heteroatoms. The zero-order valence-corrected chi connectivity index (χ0v) is 11.1. The maximum atomic E-state index is 10.8. The summed E-state index contributed by atoms with van der Waals surface area (Å²) in [4.78, 5) is 10.8. The molecule has 3 N–H and O–H groups in total. The molecule has 1 amide bonds. The number of anilines is 1. The van der Waals surface area contributed by atoms with Crippen molar-refractivity contribution in [1.82, 2.24) is 9.78 Å². The molecule has 0 unspecified atom stereocenters. The van der Waals surface area contributed by atoms with E-state index in [0.717, 1.165) is 5.56 Å². The van der Waals surface area contributed by atoms with Crippen LogP contribution in [0.1, 0.15) is 24.1 Å². The molecule has 1 heterocycles. The van der Waals surface area contributed by atoms with Crippen LogP contribution in [0.3, 0.4) is 0 Å². The molecule has 0 radical (unpaired) electrons. The molecule has 0 bridgehead atoms. The number of carbonyl (C=O) groups is 1. The fourth-order valence-electron chi connectivity index (χ4n) is 1.84. The first-order valence-corrected chi connectivity index (χ1v) is 6.17. The lowest BCUT2D eigenvalue weighted by molar-refractivity contribution is -0.118. The number of amides is 1. The minimum absolute atomic E-state index is 0.0414. The zero-order chi connectivity index (χ0) is 14.5. The van der Waals surface area contributed by atoms with E-state index in [1.54, 1.807) is 24.4 Å². The van der Waals surface area contributed by atoms with Gasteiger partial charge in [-0.25, -0.2) is 0 Å². The molecule has 0 fully saturated rings. The number of nitrogens with zero attached hydrogens (tertiary/aromatic N) is 3. The van der Waals surface area contributed by atoms with Gasteiger partial charge in [-0.15, -0.1) is 0 Å². The largest absolute Gasteiger partial charge is 0.368 e. The molecule has 102 valence electrons. The van der Waals surface area contributed by atoms with Crippen molar-refractivity contribution in [2.75, 3.05) is 5.32 Å². The second-order valence-corrected chi connectivity index (χ2v) is 4.46. The van der Waals surface area contributed by atoms with Crippen LogP contribution in [0.2, 0.25) is 0 Å². The van der Waals surface area contributed by atoms with Crippen molar-refractivity contribution < 1.29 is 4.79 Å². The summed E-state index contributed by atoms with van der Waals surface area (Å²) >= 11 is 0. The summed E-state index contributed by atoms with van der Waals surface area (Å²) in [6.07, 6.45) is 1.69. The summed E-state index contributed by atoms with van der Waals surface area (Å²) in [5.74, 6) is 0.239. The maximum Gasteiger partial charge on any atom is 0.239 e. The molecule has 1 aromatic carbocycles. The van der Waals surface area contributed by atoms with Gasteiger partial charge in [-0.2, -0.15) is 10.4 Å². The van der Waals surface area contributed by atoms with E-state index >= 15 is 0 Å². The standard InChI is InChI=1S/C14H15N5O/c1-10(12-4-2-11(8-15)3-5-12)17-14-6-7-19(18-14)9-13(16)20/h2-7,10H,9H2,1H3,(H2,16,20)(H,17,18)/t10-/m1/s1. The monoisotopic (exact) mass is 269 g/mol. The van der Waals surface area contributed by atoms with Crippen molar-refractivity contribution in [2.24, 2.45) is 5.73 Å². The van der Waals surface area contributed by atoms with Gasteiger partial charge >= 0.3 is 0 Å². The smallest absolute Gasteiger partial charge is 0.239 e. The highest BCUT2D eigenvalue weighted by molar-refractivity contribution is 5.73. The topological polar surface area (TPSA) is 96.7 Å². The number of nitrogens with two attached hydrogens (primary N) is 1. The van der Waals surface area contributed by atoms with Crippen LogP contribution in [0.15, 0.2) is 36.5 Å². The lowest BCUT2D eigenvalue weighted by Gasteiger charge is -2.13. The van der Waals surface area contributed by atoms with Crippen LogP contribution in [0.4, 0.5) is 5.82 Å². The van der Waals surface area contributed by atoms with Gasteiger partial charge in [0.25, 0.3) is 0 Å². The highest BCUT2D eigenvalue weighted by Gasteiger charge is 2.08. The highest BCUT2D eigenvalue weighted by atomic mass is 16.1. The fourth-order valence-corrected chi connectivity index (χ4v) is 1.84. The molecule has 0 saturated heterocycles. The van der Waals surface area contributed by atoms with Gasteiger partial charge in [-0.3, -0.25) is 9.48 Å². The van der Waals surface area contributed by atoms with Crippen LogP contribution < -0.4 is 11.1 Å². The molecule has 0 aliphatic heterocycles. The Bertz CT molecular complexity index is 638. The zero-order valence-electron chi connectivity index (χ0n) is 11.1. The average Bonchev–Trinajstić information content (AvgIpc) is 2.85. The van der Waals surface area contributed by atoms with Crippen LogP contribution in [0, 0.1) is 11.3 Å². The molecule has 0 aliphatic rings. The molecule has 2 aromatic rings. The summed E-state index contributed by atoms with van der Waals surface area (Å²) in [6.45, 7) is 2.06. The Morgan fingerprint density at radius 3 is 2.75 bits per heavy atom. The number of hydrogen-bond donors (Lipinski definition) is 2. The lowest BCUT2D eigenvalue weighted by atomic mass is 10.1. The van der Waals surface area contributed by atoms with Crippen molar-refractivity contribution in [2.45, 2.75) is 19.5 Å².